The highest BCUT2D eigenvalue weighted by molar-refractivity contribution is 7.92. The molecule has 122 valence electrons. The lowest BCUT2D eigenvalue weighted by Gasteiger charge is -2.24. The molecule has 2 aromatic carbocycles. The number of benzene rings is 2. The first-order valence-corrected chi connectivity index (χ1v) is 8.94. The highest BCUT2D eigenvalue weighted by Gasteiger charge is 2.28. The van der Waals surface area contributed by atoms with Crippen molar-refractivity contribution in [2.24, 2.45) is 0 Å². The maximum atomic E-state index is 13.1. The molecule has 0 saturated heterocycles. The van der Waals surface area contributed by atoms with Crippen LogP contribution in [-0.2, 0) is 16.6 Å². The van der Waals surface area contributed by atoms with E-state index in [-0.39, 0.29) is 4.90 Å². The van der Waals surface area contributed by atoms with E-state index in [1.807, 2.05) is 31.2 Å². The van der Waals surface area contributed by atoms with Gasteiger partial charge in [-0.1, -0.05) is 18.2 Å². The molecule has 23 heavy (non-hydrogen) atoms. The molecule has 5 nitrogen and oxygen atoms in total. The van der Waals surface area contributed by atoms with Crippen LogP contribution in [0.25, 0.3) is 0 Å². The van der Waals surface area contributed by atoms with Crippen molar-refractivity contribution in [2.45, 2.75) is 18.4 Å². The summed E-state index contributed by atoms with van der Waals surface area (Å²) in [6.45, 7) is 3.53. The van der Waals surface area contributed by atoms with Gasteiger partial charge in [0, 0.05) is 19.6 Å². The van der Waals surface area contributed by atoms with Crippen molar-refractivity contribution in [1.29, 1.82) is 0 Å². The Morgan fingerprint density at radius 2 is 1.96 bits per heavy atom. The van der Waals surface area contributed by atoms with Crippen LogP contribution < -0.4 is 14.4 Å². The number of ether oxygens (including phenoxy) is 1. The van der Waals surface area contributed by atoms with Crippen molar-refractivity contribution in [3.63, 3.8) is 0 Å². The van der Waals surface area contributed by atoms with Gasteiger partial charge in [0.15, 0.2) is 0 Å². The van der Waals surface area contributed by atoms with Crippen molar-refractivity contribution in [2.75, 3.05) is 24.5 Å². The predicted octanol–water partition coefficient (Wildman–Crippen LogP) is 2.30. The minimum atomic E-state index is -3.61. The van der Waals surface area contributed by atoms with Crippen molar-refractivity contribution in [1.82, 2.24) is 5.32 Å². The predicted molar refractivity (Wildman–Crippen MR) is 90.4 cm³/mol. The summed E-state index contributed by atoms with van der Waals surface area (Å²) in [5, 5.41) is 3.26. The van der Waals surface area contributed by atoms with Crippen LogP contribution >= 0.6 is 0 Å². The molecule has 1 aliphatic heterocycles. The van der Waals surface area contributed by atoms with Crippen LogP contribution in [0, 0.1) is 6.92 Å². The van der Waals surface area contributed by atoms with Crippen LogP contribution in [0.2, 0.25) is 0 Å². The third-order valence-electron chi connectivity index (χ3n) is 4.02. The van der Waals surface area contributed by atoms with E-state index >= 15 is 0 Å². The second kappa shape index (κ2) is 6.22. The molecule has 0 unspecified atom stereocenters. The molecule has 0 radical (unpaired) electrons. The van der Waals surface area contributed by atoms with Crippen LogP contribution in [0.3, 0.4) is 0 Å². The van der Waals surface area contributed by atoms with Gasteiger partial charge in [0.05, 0.1) is 17.7 Å². The summed E-state index contributed by atoms with van der Waals surface area (Å²) in [5.41, 5.74) is 2.53. The summed E-state index contributed by atoms with van der Waals surface area (Å²) < 4.78 is 32.9. The Hall–Kier alpha value is -2.05. The van der Waals surface area contributed by atoms with E-state index in [9.17, 15) is 8.42 Å². The second-order valence-corrected chi connectivity index (χ2v) is 7.38. The minimum absolute atomic E-state index is 0.285. The fourth-order valence-electron chi connectivity index (χ4n) is 2.82. The normalized spacial score (nSPS) is 15.0. The Morgan fingerprint density at radius 1 is 1.17 bits per heavy atom. The lowest BCUT2D eigenvalue weighted by atomic mass is 10.2. The van der Waals surface area contributed by atoms with Gasteiger partial charge >= 0.3 is 0 Å². The Bertz CT molecular complexity index is 818. The summed E-state index contributed by atoms with van der Waals surface area (Å²) in [7, 11) is -2.03. The maximum absolute atomic E-state index is 13.1. The number of aryl methyl sites for hydroxylation is 1. The lowest BCUT2D eigenvalue weighted by molar-refractivity contribution is 0.411. The molecule has 0 spiro atoms. The van der Waals surface area contributed by atoms with Gasteiger partial charge in [0.25, 0.3) is 10.0 Å². The monoisotopic (exact) mass is 332 g/mol. The minimum Gasteiger partial charge on any atom is -0.496 e. The zero-order valence-corrected chi connectivity index (χ0v) is 14.1. The summed E-state index contributed by atoms with van der Waals surface area (Å²) in [6, 6.07) is 12.6. The van der Waals surface area contributed by atoms with E-state index in [0.717, 1.165) is 16.8 Å². The number of methoxy groups -OCH3 is 1. The molecule has 0 saturated carbocycles. The molecular weight excluding hydrogens is 312 g/mol. The average molecular weight is 332 g/mol. The Balaban J connectivity index is 2.07. The quantitative estimate of drug-likeness (QED) is 0.937. The Labute approximate surface area is 136 Å². The molecule has 1 N–H and O–H groups in total. The highest BCUT2D eigenvalue weighted by Crippen LogP contribution is 2.30. The lowest BCUT2D eigenvalue weighted by Crippen LogP contribution is -2.34. The smallest absolute Gasteiger partial charge is 0.264 e. The van der Waals surface area contributed by atoms with Gasteiger partial charge in [0.2, 0.25) is 0 Å². The van der Waals surface area contributed by atoms with Crippen LogP contribution in [-0.4, -0.2) is 28.6 Å². The second-order valence-electron chi connectivity index (χ2n) is 5.51. The standard InChI is InChI=1S/C17H20N2O3S/c1-13-11-15(7-8-17(13)22-2)23(20,21)19-10-9-18-12-14-5-3-4-6-16(14)19/h3-8,11,18H,9-10,12H2,1-2H3. The van der Waals surface area contributed by atoms with Crippen LogP contribution in [0.4, 0.5) is 5.69 Å². The number of fused-ring (bicyclic) bond motifs is 1. The molecule has 2 aromatic rings. The molecule has 0 aliphatic carbocycles. The molecule has 1 heterocycles. The average Bonchev–Trinajstić information content (AvgIpc) is 2.77. The third-order valence-corrected chi connectivity index (χ3v) is 5.83. The van der Waals surface area contributed by atoms with E-state index in [1.54, 1.807) is 25.3 Å². The van der Waals surface area contributed by atoms with Gasteiger partial charge in [-0.3, -0.25) is 4.31 Å². The molecule has 0 fully saturated rings. The molecule has 6 heteroatoms. The van der Waals surface area contributed by atoms with E-state index in [4.69, 9.17) is 4.74 Å². The van der Waals surface area contributed by atoms with Gasteiger partial charge in [-0.2, -0.15) is 0 Å². The Morgan fingerprint density at radius 3 is 2.70 bits per heavy atom. The van der Waals surface area contributed by atoms with Crippen molar-refractivity contribution in [3.8, 4) is 5.75 Å². The fourth-order valence-corrected chi connectivity index (χ4v) is 4.40. The molecular formula is C17H20N2O3S. The van der Waals surface area contributed by atoms with Crippen LogP contribution in [0.1, 0.15) is 11.1 Å². The number of hydrogen-bond donors (Lipinski definition) is 1. The molecule has 0 amide bonds. The summed E-state index contributed by atoms with van der Waals surface area (Å²) >= 11 is 0. The van der Waals surface area contributed by atoms with Crippen LogP contribution in [0.15, 0.2) is 47.4 Å². The van der Waals surface area contributed by atoms with E-state index in [2.05, 4.69) is 5.32 Å². The number of nitrogens with one attached hydrogen (secondary N) is 1. The molecule has 0 bridgehead atoms. The van der Waals surface area contributed by atoms with Crippen LogP contribution in [0.5, 0.6) is 5.75 Å². The number of nitrogens with zero attached hydrogens (tertiary/aromatic N) is 1. The van der Waals surface area contributed by atoms with E-state index in [1.165, 1.54) is 4.31 Å². The first-order valence-electron chi connectivity index (χ1n) is 7.50. The van der Waals surface area contributed by atoms with Crippen molar-refractivity contribution >= 4 is 15.7 Å². The number of rotatable bonds is 3. The van der Waals surface area contributed by atoms with E-state index < -0.39 is 10.0 Å². The zero-order chi connectivity index (χ0) is 16.4. The Kier molecular flexibility index (Phi) is 4.28. The number of sulfonamides is 1. The number of anilines is 1. The summed E-state index contributed by atoms with van der Waals surface area (Å²) in [4.78, 5) is 0.285. The largest absolute Gasteiger partial charge is 0.496 e. The molecule has 0 atom stereocenters. The third kappa shape index (κ3) is 2.92. The fraction of sp³-hybridized carbons (Fsp3) is 0.294. The van der Waals surface area contributed by atoms with Gasteiger partial charge in [-0.15, -0.1) is 0 Å². The van der Waals surface area contributed by atoms with Gasteiger partial charge in [-0.05, 0) is 42.3 Å². The van der Waals surface area contributed by atoms with Crippen molar-refractivity contribution < 1.29 is 13.2 Å². The number of para-hydroxylation sites is 1. The SMILES string of the molecule is COc1ccc(S(=O)(=O)N2CCNCc3ccccc32)cc1C. The summed E-state index contributed by atoms with van der Waals surface area (Å²) in [6.07, 6.45) is 0. The zero-order valence-electron chi connectivity index (χ0n) is 13.2. The molecule has 0 aromatic heterocycles. The summed E-state index contributed by atoms with van der Waals surface area (Å²) in [5.74, 6) is 0.682. The van der Waals surface area contributed by atoms with Crippen molar-refractivity contribution in [3.05, 3.63) is 53.6 Å². The van der Waals surface area contributed by atoms with Gasteiger partial charge in [0.1, 0.15) is 5.75 Å². The maximum Gasteiger partial charge on any atom is 0.264 e. The number of hydrogen-bond acceptors (Lipinski definition) is 4. The van der Waals surface area contributed by atoms with E-state index in [0.29, 0.717) is 25.4 Å². The van der Waals surface area contributed by atoms with Gasteiger partial charge < -0.3 is 10.1 Å². The first kappa shape index (κ1) is 15.8. The topological polar surface area (TPSA) is 58.6 Å². The highest BCUT2D eigenvalue weighted by atomic mass is 32.2. The van der Waals surface area contributed by atoms with Gasteiger partial charge in [-0.25, -0.2) is 8.42 Å². The molecule has 1 aliphatic rings. The first-order chi connectivity index (χ1) is 11.0. The molecule has 3 rings (SSSR count).